The van der Waals surface area contributed by atoms with Crippen molar-refractivity contribution in [1.82, 2.24) is 4.90 Å². The van der Waals surface area contributed by atoms with Crippen LogP contribution in [-0.2, 0) is 0 Å². The number of rotatable bonds is 3. The van der Waals surface area contributed by atoms with Crippen LogP contribution in [0.15, 0.2) is 18.2 Å². The van der Waals surface area contributed by atoms with Crippen LogP contribution in [0.2, 0.25) is 0 Å². The molecule has 1 aromatic carbocycles. The van der Waals surface area contributed by atoms with Crippen molar-refractivity contribution in [2.45, 2.75) is 39.5 Å². The summed E-state index contributed by atoms with van der Waals surface area (Å²) in [4.78, 5) is 14.7. The van der Waals surface area contributed by atoms with Gasteiger partial charge in [-0.3, -0.25) is 4.79 Å². The summed E-state index contributed by atoms with van der Waals surface area (Å²) >= 11 is 0. The second-order valence-corrected chi connectivity index (χ2v) is 5.29. The van der Waals surface area contributed by atoms with Crippen molar-refractivity contribution in [3.8, 4) is 0 Å². The quantitative estimate of drug-likeness (QED) is 0.903. The van der Waals surface area contributed by atoms with E-state index in [0.717, 1.165) is 49.3 Å². The SMILES string of the molecule is CCNc1ccc(C)cc1C(=O)N1CCCCCC1. The van der Waals surface area contributed by atoms with E-state index in [0.29, 0.717) is 0 Å². The zero-order valence-electron chi connectivity index (χ0n) is 12.0. The number of carbonyl (C=O) groups excluding carboxylic acids is 1. The van der Waals surface area contributed by atoms with Gasteiger partial charge in [-0.25, -0.2) is 0 Å². The number of nitrogens with one attached hydrogen (secondary N) is 1. The highest BCUT2D eigenvalue weighted by molar-refractivity contribution is 5.99. The number of aryl methyl sites for hydroxylation is 1. The van der Waals surface area contributed by atoms with Crippen molar-refractivity contribution in [1.29, 1.82) is 0 Å². The number of hydrogen-bond acceptors (Lipinski definition) is 2. The van der Waals surface area contributed by atoms with E-state index in [9.17, 15) is 4.79 Å². The summed E-state index contributed by atoms with van der Waals surface area (Å²) in [5, 5.41) is 3.29. The molecule has 1 aliphatic rings. The van der Waals surface area contributed by atoms with Crippen LogP contribution in [0.25, 0.3) is 0 Å². The van der Waals surface area contributed by atoms with Crippen molar-refractivity contribution < 1.29 is 4.79 Å². The molecule has 0 atom stereocenters. The molecule has 1 aromatic rings. The Bertz CT molecular complexity index is 434. The Labute approximate surface area is 116 Å². The van der Waals surface area contributed by atoms with Crippen LogP contribution in [0.3, 0.4) is 0 Å². The van der Waals surface area contributed by atoms with Gasteiger partial charge < -0.3 is 10.2 Å². The molecule has 0 unspecified atom stereocenters. The molecule has 1 fully saturated rings. The molecule has 1 N–H and O–H groups in total. The van der Waals surface area contributed by atoms with Gasteiger partial charge in [0.25, 0.3) is 5.91 Å². The van der Waals surface area contributed by atoms with Gasteiger partial charge in [0.2, 0.25) is 0 Å². The fraction of sp³-hybridized carbons (Fsp3) is 0.562. The van der Waals surface area contributed by atoms with Gasteiger partial charge in [0, 0.05) is 25.3 Å². The number of hydrogen-bond donors (Lipinski definition) is 1. The van der Waals surface area contributed by atoms with E-state index in [1.165, 1.54) is 12.8 Å². The second-order valence-electron chi connectivity index (χ2n) is 5.29. The molecular weight excluding hydrogens is 236 g/mol. The summed E-state index contributed by atoms with van der Waals surface area (Å²) in [5.74, 6) is 0.182. The molecule has 104 valence electrons. The lowest BCUT2D eigenvalue weighted by molar-refractivity contribution is 0.0762. The number of nitrogens with zero attached hydrogens (tertiary/aromatic N) is 1. The van der Waals surface area contributed by atoms with E-state index in [1.807, 2.05) is 24.0 Å². The normalized spacial score (nSPS) is 16.0. The van der Waals surface area contributed by atoms with Crippen LogP contribution in [0.1, 0.15) is 48.5 Å². The third kappa shape index (κ3) is 3.49. The summed E-state index contributed by atoms with van der Waals surface area (Å²) in [6.45, 7) is 6.73. The molecule has 1 saturated heterocycles. The van der Waals surface area contributed by atoms with E-state index in [2.05, 4.69) is 18.3 Å². The Balaban J connectivity index is 2.23. The molecule has 0 spiro atoms. The minimum absolute atomic E-state index is 0.182. The summed E-state index contributed by atoms with van der Waals surface area (Å²) in [6, 6.07) is 6.08. The van der Waals surface area contributed by atoms with Crippen LogP contribution < -0.4 is 5.32 Å². The number of carbonyl (C=O) groups is 1. The van der Waals surface area contributed by atoms with Gasteiger partial charge in [-0.15, -0.1) is 0 Å². The van der Waals surface area contributed by atoms with Gasteiger partial charge >= 0.3 is 0 Å². The number of benzene rings is 1. The topological polar surface area (TPSA) is 32.3 Å². The number of likely N-dealkylation sites (tertiary alicyclic amines) is 1. The lowest BCUT2D eigenvalue weighted by atomic mass is 10.1. The molecule has 0 aromatic heterocycles. The summed E-state index contributed by atoms with van der Waals surface area (Å²) in [5.41, 5.74) is 2.92. The molecule has 0 saturated carbocycles. The molecule has 3 heteroatoms. The first-order chi connectivity index (χ1) is 9.22. The van der Waals surface area contributed by atoms with Crippen LogP contribution in [-0.4, -0.2) is 30.4 Å². The molecule has 1 heterocycles. The molecule has 0 aliphatic carbocycles. The Morgan fingerprint density at radius 1 is 1.21 bits per heavy atom. The largest absolute Gasteiger partial charge is 0.385 e. The van der Waals surface area contributed by atoms with Crippen LogP contribution >= 0.6 is 0 Å². The fourth-order valence-corrected chi connectivity index (χ4v) is 2.62. The molecule has 2 rings (SSSR count). The van der Waals surface area contributed by atoms with Gasteiger partial charge in [-0.2, -0.15) is 0 Å². The van der Waals surface area contributed by atoms with E-state index < -0.39 is 0 Å². The van der Waals surface area contributed by atoms with E-state index in [1.54, 1.807) is 0 Å². The first kappa shape index (κ1) is 13.9. The van der Waals surface area contributed by atoms with Gasteiger partial charge in [0.05, 0.1) is 5.56 Å². The highest BCUT2D eigenvalue weighted by atomic mass is 16.2. The molecule has 19 heavy (non-hydrogen) atoms. The highest BCUT2D eigenvalue weighted by Gasteiger charge is 2.19. The van der Waals surface area contributed by atoms with E-state index >= 15 is 0 Å². The Hall–Kier alpha value is -1.51. The third-order valence-electron chi connectivity index (χ3n) is 3.67. The molecule has 1 amide bonds. The maximum atomic E-state index is 12.7. The van der Waals surface area contributed by atoms with Crippen LogP contribution in [0.4, 0.5) is 5.69 Å². The van der Waals surface area contributed by atoms with Crippen LogP contribution in [0.5, 0.6) is 0 Å². The first-order valence-electron chi connectivity index (χ1n) is 7.36. The Morgan fingerprint density at radius 3 is 2.53 bits per heavy atom. The van der Waals surface area contributed by atoms with Crippen molar-refractivity contribution in [2.75, 3.05) is 25.0 Å². The van der Waals surface area contributed by atoms with Gasteiger partial charge in [-0.05, 0) is 38.8 Å². The molecule has 0 radical (unpaired) electrons. The van der Waals surface area contributed by atoms with Crippen molar-refractivity contribution in [3.63, 3.8) is 0 Å². The van der Waals surface area contributed by atoms with Gasteiger partial charge in [-0.1, -0.05) is 24.5 Å². The van der Waals surface area contributed by atoms with Gasteiger partial charge in [0.15, 0.2) is 0 Å². The second kappa shape index (κ2) is 6.60. The lowest BCUT2D eigenvalue weighted by Gasteiger charge is -2.22. The van der Waals surface area contributed by atoms with Crippen LogP contribution in [0, 0.1) is 6.92 Å². The highest BCUT2D eigenvalue weighted by Crippen LogP contribution is 2.21. The summed E-state index contributed by atoms with van der Waals surface area (Å²) in [7, 11) is 0. The Morgan fingerprint density at radius 2 is 1.89 bits per heavy atom. The zero-order chi connectivity index (χ0) is 13.7. The van der Waals surface area contributed by atoms with Crippen molar-refractivity contribution in [3.05, 3.63) is 29.3 Å². The number of anilines is 1. The predicted octanol–water partition coefficient (Wildman–Crippen LogP) is 3.44. The van der Waals surface area contributed by atoms with Gasteiger partial charge in [0.1, 0.15) is 0 Å². The molecule has 3 nitrogen and oxygen atoms in total. The maximum Gasteiger partial charge on any atom is 0.255 e. The first-order valence-corrected chi connectivity index (χ1v) is 7.36. The van der Waals surface area contributed by atoms with E-state index in [-0.39, 0.29) is 5.91 Å². The maximum absolute atomic E-state index is 12.7. The average molecular weight is 260 g/mol. The minimum Gasteiger partial charge on any atom is -0.385 e. The predicted molar refractivity (Wildman–Crippen MR) is 79.7 cm³/mol. The lowest BCUT2D eigenvalue weighted by Crippen LogP contribution is -2.32. The number of amides is 1. The third-order valence-corrected chi connectivity index (χ3v) is 3.67. The molecular formula is C16H24N2O. The van der Waals surface area contributed by atoms with Crippen molar-refractivity contribution in [2.24, 2.45) is 0 Å². The molecule has 0 bridgehead atoms. The van der Waals surface area contributed by atoms with E-state index in [4.69, 9.17) is 0 Å². The Kier molecular flexibility index (Phi) is 4.83. The minimum atomic E-state index is 0.182. The molecule has 1 aliphatic heterocycles. The smallest absolute Gasteiger partial charge is 0.255 e. The average Bonchev–Trinajstić information content (AvgIpc) is 2.69. The zero-order valence-corrected chi connectivity index (χ0v) is 12.0. The summed E-state index contributed by atoms with van der Waals surface area (Å²) < 4.78 is 0. The standard InChI is InChI=1S/C16H24N2O/c1-3-17-15-9-8-13(2)12-14(15)16(19)18-10-6-4-5-7-11-18/h8-9,12,17H,3-7,10-11H2,1-2H3. The fourth-order valence-electron chi connectivity index (χ4n) is 2.62. The van der Waals surface area contributed by atoms with Crippen molar-refractivity contribution >= 4 is 11.6 Å². The monoisotopic (exact) mass is 260 g/mol. The summed E-state index contributed by atoms with van der Waals surface area (Å²) in [6.07, 6.45) is 4.76.